The zero-order chi connectivity index (χ0) is 21.8. The normalized spacial score (nSPS) is 13.3. The number of nitrogens with zero attached hydrogens (tertiary/aromatic N) is 1. The van der Waals surface area contributed by atoms with Gasteiger partial charge in [0.1, 0.15) is 0 Å². The van der Waals surface area contributed by atoms with E-state index in [1.807, 2.05) is 0 Å². The molecule has 0 spiro atoms. The maximum atomic E-state index is 12.5. The van der Waals surface area contributed by atoms with Gasteiger partial charge in [0.25, 0.3) is 11.8 Å². The van der Waals surface area contributed by atoms with Gasteiger partial charge >= 0.3 is 0 Å². The molecule has 1 heterocycles. The Morgan fingerprint density at radius 2 is 1.55 bits per heavy atom. The highest BCUT2D eigenvalue weighted by molar-refractivity contribution is 6.21. The summed E-state index contributed by atoms with van der Waals surface area (Å²) in [5.41, 5.74) is 7.33. The van der Waals surface area contributed by atoms with Crippen molar-refractivity contribution in [1.82, 2.24) is 4.90 Å². The lowest BCUT2D eigenvalue weighted by Crippen LogP contribution is -2.30. The summed E-state index contributed by atoms with van der Waals surface area (Å²) in [6.07, 6.45) is 6.94. The van der Waals surface area contributed by atoms with E-state index < -0.39 is 0 Å². The largest absolute Gasteiger partial charge is 0.274 e. The Hall–Kier alpha value is -3.46. The van der Waals surface area contributed by atoms with Crippen LogP contribution in [0.2, 0.25) is 0 Å². The highest BCUT2D eigenvalue weighted by Gasteiger charge is 2.34. The van der Waals surface area contributed by atoms with Gasteiger partial charge in [0.05, 0.1) is 11.1 Å². The third kappa shape index (κ3) is 4.36. The Labute approximate surface area is 184 Å². The van der Waals surface area contributed by atoms with Crippen molar-refractivity contribution in [2.45, 2.75) is 33.1 Å². The molecule has 0 N–H and O–H groups in total. The molecule has 0 saturated carbocycles. The van der Waals surface area contributed by atoms with Gasteiger partial charge in [0.2, 0.25) is 0 Å². The second-order valence-electron chi connectivity index (χ2n) is 7.99. The van der Waals surface area contributed by atoms with E-state index in [9.17, 15) is 9.59 Å². The molecule has 0 fully saturated rings. The maximum absolute atomic E-state index is 12.5. The van der Waals surface area contributed by atoms with Crippen LogP contribution < -0.4 is 0 Å². The second-order valence-corrected chi connectivity index (χ2v) is 7.99. The van der Waals surface area contributed by atoms with Gasteiger partial charge in [-0.05, 0) is 66.1 Å². The van der Waals surface area contributed by atoms with E-state index in [1.54, 1.807) is 24.3 Å². The van der Waals surface area contributed by atoms with Crippen LogP contribution in [0.5, 0.6) is 0 Å². The minimum atomic E-state index is -0.178. The standard InChI is InChI=1S/C28H27NO2/c1-3-23-13-6-9-20(2)24(23)17-16-22-11-7-10-21(19-22)12-8-18-29-27(30)25-14-4-5-15-26(25)28(29)31/h4-7,9-11,13-17,19H,3,8,12,18H2,1-2H3/b17-16+. The van der Waals surface area contributed by atoms with Crippen LogP contribution >= 0.6 is 0 Å². The minimum Gasteiger partial charge on any atom is -0.274 e. The number of carbonyl (C=O) groups is 2. The SMILES string of the molecule is CCc1cccc(C)c1/C=C/c1cccc(CCCN2C(=O)c3ccccc3C2=O)c1. The third-order valence-corrected chi connectivity index (χ3v) is 5.91. The van der Waals surface area contributed by atoms with Crippen LogP contribution in [0, 0.1) is 6.92 Å². The van der Waals surface area contributed by atoms with Gasteiger partial charge < -0.3 is 0 Å². The van der Waals surface area contributed by atoms with E-state index in [0.717, 1.165) is 24.8 Å². The second kappa shape index (κ2) is 9.13. The number of rotatable bonds is 7. The molecule has 0 unspecified atom stereocenters. The number of imide groups is 1. The zero-order valence-electron chi connectivity index (χ0n) is 18.1. The van der Waals surface area contributed by atoms with Crippen molar-refractivity contribution in [1.29, 1.82) is 0 Å². The number of amides is 2. The predicted octanol–water partition coefficient (Wildman–Crippen LogP) is 5.96. The smallest absolute Gasteiger partial charge is 0.261 e. The molecule has 0 atom stereocenters. The summed E-state index contributed by atoms with van der Waals surface area (Å²) in [5, 5.41) is 0. The van der Waals surface area contributed by atoms with Crippen molar-refractivity contribution in [3.05, 3.63) is 106 Å². The van der Waals surface area contributed by atoms with Crippen molar-refractivity contribution in [3.63, 3.8) is 0 Å². The molecule has 1 aliphatic heterocycles. The van der Waals surface area contributed by atoms with Crippen molar-refractivity contribution in [3.8, 4) is 0 Å². The first kappa shape index (κ1) is 20.8. The molecular weight excluding hydrogens is 382 g/mol. The van der Waals surface area contributed by atoms with Gasteiger partial charge in [-0.25, -0.2) is 0 Å². The average molecular weight is 410 g/mol. The zero-order valence-corrected chi connectivity index (χ0v) is 18.1. The van der Waals surface area contributed by atoms with Crippen LogP contribution in [0.15, 0.2) is 66.7 Å². The number of benzene rings is 3. The molecular formula is C28H27NO2. The number of aryl methyl sites for hydroxylation is 3. The van der Waals surface area contributed by atoms with Gasteiger partial charge in [-0.3, -0.25) is 14.5 Å². The van der Waals surface area contributed by atoms with Crippen molar-refractivity contribution in [2.24, 2.45) is 0 Å². The Morgan fingerprint density at radius 1 is 0.839 bits per heavy atom. The topological polar surface area (TPSA) is 37.4 Å². The Kier molecular flexibility index (Phi) is 6.13. The molecule has 156 valence electrons. The lowest BCUT2D eigenvalue weighted by Gasteiger charge is -2.13. The highest BCUT2D eigenvalue weighted by atomic mass is 16.2. The van der Waals surface area contributed by atoms with E-state index in [2.05, 4.69) is 68.5 Å². The molecule has 0 bridgehead atoms. The summed E-state index contributed by atoms with van der Waals surface area (Å²) in [7, 11) is 0. The fourth-order valence-electron chi connectivity index (χ4n) is 4.20. The maximum Gasteiger partial charge on any atom is 0.261 e. The Balaban J connectivity index is 1.40. The first-order chi connectivity index (χ1) is 15.1. The Morgan fingerprint density at radius 3 is 2.26 bits per heavy atom. The van der Waals surface area contributed by atoms with Crippen LogP contribution in [0.1, 0.15) is 61.9 Å². The van der Waals surface area contributed by atoms with Crippen LogP contribution in [0.4, 0.5) is 0 Å². The van der Waals surface area contributed by atoms with Gasteiger partial charge in [-0.1, -0.05) is 73.7 Å². The highest BCUT2D eigenvalue weighted by Crippen LogP contribution is 2.23. The van der Waals surface area contributed by atoms with Crippen LogP contribution in [-0.4, -0.2) is 23.3 Å². The molecule has 3 aromatic rings. The van der Waals surface area contributed by atoms with Crippen molar-refractivity contribution in [2.75, 3.05) is 6.54 Å². The quantitative estimate of drug-likeness (QED) is 0.357. The van der Waals surface area contributed by atoms with Crippen molar-refractivity contribution >= 4 is 24.0 Å². The van der Waals surface area contributed by atoms with E-state index in [1.165, 1.54) is 27.2 Å². The van der Waals surface area contributed by atoms with Crippen molar-refractivity contribution < 1.29 is 9.59 Å². The molecule has 1 aliphatic rings. The molecule has 0 saturated heterocycles. The molecule has 2 amide bonds. The number of hydrogen-bond acceptors (Lipinski definition) is 2. The molecule has 3 aromatic carbocycles. The number of hydrogen-bond donors (Lipinski definition) is 0. The molecule has 0 radical (unpaired) electrons. The first-order valence-corrected chi connectivity index (χ1v) is 10.9. The van der Waals surface area contributed by atoms with E-state index >= 15 is 0 Å². The summed E-state index contributed by atoms with van der Waals surface area (Å²) < 4.78 is 0. The van der Waals surface area contributed by atoms with E-state index in [0.29, 0.717) is 17.7 Å². The summed E-state index contributed by atoms with van der Waals surface area (Å²) in [6.45, 7) is 4.77. The molecule has 4 rings (SSSR count). The molecule has 0 aliphatic carbocycles. The van der Waals surface area contributed by atoms with E-state index in [4.69, 9.17) is 0 Å². The molecule has 31 heavy (non-hydrogen) atoms. The summed E-state index contributed by atoms with van der Waals surface area (Å²) in [5.74, 6) is -0.357. The average Bonchev–Trinajstić information content (AvgIpc) is 3.03. The fraction of sp³-hybridized carbons (Fsp3) is 0.214. The third-order valence-electron chi connectivity index (χ3n) is 5.91. The molecule has 3 heteroatoms. The van der Waals surface area contributed by atoms with Gasteiger partial charge in [0, 0.05) is 6.54 Å². The monoisotopic (exact) mass is 409 g/mol. The van der Waals surface area contributed by atoms with Crippen LogP contribution in [0.25, 0.3) is 12.2 Å². The molecule has 0 aromatic heterocycles. The summed E-state index contributed by atoms with van der Waals surface area (Å²) in [6, 6.07) is 21.9. The lowest BCUT2D eigenvalue weighted by atomic mass is 9.98. The summed E-state index contributed by atoms with van der Waals surface area (Å²) in [4.78, 5) is 26.4. The van der Waals surface area contributed by atoms with E-state index in [-0.39, 0.29) is 11.8 Å². The number of fused-ring (bicyclic) bond motifs is 1. The molecule has 3 nitrogen and oxygen atoms in total. The fourth-order valence-corrected chi connectivity index (χ4v) is 4.20. The van der Waals surface area contributed by atoms with Crippen LogP contribution in [-0.2, 0) is 12.8 Å². The first-order valence-electron chi connectivity index (χ1n) is 10.9. The predicted molar refractivity (Wildman–Crippen MR) is 126 cm³/mol. The summed E-state index contributed by atoms with van der Waals surface area (Å²) >= 11 is 0. The van der Waals surface area contributed by atoms with Gasteiger partial charge in [-0.15, -0.1) is 0 Å². The number of carbonyl (C=O) groups excluding carboxylic acids is 2. The lowest BCUT2D eigenvalue weighted by molar-refractivity contribution is 0.0652. The minimum absolute atomic E-state index is 0.178. The van der Waals surface area contributed by atoms with Gasteiger partial charge in [0.15, 0.2) is 0 Å². The van der Waals surface area contributed by atoms with Gasteiger partial charge in [-0.2, -0.15) is 0 Å². The van der Waals surface area contributed by atoms with Crippen LogP contribution in [0.3, 0.4) is 0 Å². The Bertz CT molecular complexity index is 1120.